The van der Waals surface area contributed by atoms with Crippen molar-refractivity contribution in [3.05, 3.63) is 24.3 Å². The number of ether oxygens (including phenoxy) is 1. The molecule has 7 nitrogen and oxygen atoms in total. The molecule has 0 fully saturated rings. The van der Waals surface area contributed by atoms with Crippen molar-refractivity contribution in [1.82, 2.24) is 0 Å². The first-order valence-electron chi connectivity index (χ1n) is 6.91. The van der Waals surface area contributed by atoms with E-state index in [9.17, 15) is 9.59 Å². The topological polar surface area (TPSA) is 80.3 Å². The van der Waals surface area contributed by atoms with Crippen LogP contribution < -0.4 is 0 Å². The number of hydrogen-bond acceptors (Lipinski definition) is 7. The summed E-state index contributed by atoms with van der Waals surface area (Å²) in [7, 11) is 2.59. The van der Waals surface area contributed by atoms with E-state index in [1.807, 2.05) is 0 Å². The van der Waals surface area contributed by atoms with Crippen LogP contribution in [0.4, 0.5) is 0 Å². The summed E-state index contributed by atoms with van der Waals surface area (Å²) in [5.41, 5.74) is 0.865. The molecule has 134 valence electrons. The van der Waals surface area contributed by atoms with E-state index in [-0.39, 0.29) is 11.9 Å². The van der Waals surface area contributed by atoms with Gasteiger partial charge in [-0.2, -0.15) is 0 Å². The van der Waals surface area contributed by atoms with Crippen molar-refractivity contribution in [2.75, 3.05) is 27.9 Å². The number of carbonyl (C=O) groups is 2. The van der Waals surface area contributed by atoms with Crippen molar-refractivity contribution in [3.8, 4) is 0 Å². The Morgan fingerprint density at radius 1 is 0.957 bits per heavy atom. The molecule has 0 atom stereocenters. The zero-order chi connectivity index (χ0) is 18.5. The molecule has 0 spiro atoms. The van der Waals surface area contributed by atoms with Crippen LogP contribution in [0.3, 0.4) is 0 Å². The van der Waals surface area contributed by atoms with Crippen LogP contribution >= 0.6 is 0 Å². The van der Waals surface area contributed by atoms with Crippen LogP contribution in [-0.2, 0) is 32.0 Å². The standard InChI is InChI=1S/C10H20O5Si.C4H8O2Si/c1-9(2)10(11)15-7-6-8-16(12-3,13-4)14-5;1-3(2)4(5)6-7/h1,6-8H2,2-5H3;1H2,2,7H3. The first kappa shape index (κ1) is 24.0. The molecule has 0 rings (SSSR count). The van der Waals surface area contributed by atoms with Gasteiger partial charge in [0, 0.05) is 38.5 Å². The highest BCUT2D eigenvalue weighted by molar-refractivity contribution is 6.60. The van der Waals surface area contributed by atoms with E-state index in [4.69, 9.17) is 18.0 Å². The van der Waals surface area contributed by atoms with Crippen LogP contribution in [0.25, 0.3) is 0 Å². The second kappa shape index (κ2) is 13.2. The predicted octanol–water partition coefficient (Wildman–Crippen LogP) is 0.760. The highest BCUT2D eigenvalue weighted by Crippen LogP contribution is 2.14. The van der Waals surface area contributed by atoms with Gasteiger partial charge in [0.2, 0.25) is 10.5 Å². The zero-order valence-corrected chi connectivity index (χ0v) is 17.9. The molecular weight excluding hydrogens is 336 g/mol. The van der Waals surface area contributed by atoms with Gasteiger partial charge in [-0.1, -0.05) is 13.2 Å². The van der Waals surface area contributed by atoms with E-state index < -0.39 is 8.80 Å². The quantitative estimate of drug-likeness (QED) is 0.259. The predicted molar refractivity (Wildman–Crippen MR) is 92.8 cm³/mol. The minimum absolute atomic E-state index is 0.285. The molecule has 0 bridgehead atoms. The SMILES string of the molecule is C=C(C)C(=O)OCCC[Si](OC)(OC)OC.C=C(C)C(=O)O[SiH3]. The van der Waals surface area contributed by atoms with Crippen LogP contribution in [-0.4, -0.2) is 59.2 Å². The maximum absolute atomic E-state index is 11.1. The van der Waals surface area contributed by atoms with Gasteiger partial charge in [0.25, 0.3) is 0 Å². The molecule has 0 aromatic rings. The lowest BCUT2D eigenvalue weighted by Crippen LogP contribution is -2.42. The van der Waals surface area contributed by atoms with Gasteiger partial charge in [0.05, 0.1) is 6.61 Å². The molecule has 0 amide bonds. The molecule has 0 saturated carbocycles. The average molecular weight is 365 g/mol. The molecule has 0 aliphatic carbocycles. The summed E-state index contributed by atoms with van der Waals surface area (Å²) >= 11 is 0. The number of hydrogen-bond donors (Lipinski definition) is 0. The first-order chi connectivity index (χ1) is 10.7. The highest BCUT2D eigenvalue weighted by Gasteiger charge is 2.36. The summed E-state index contributed by atoms with van der Waals surface area (Å²) in [5, 5.41) is 0. The molecule has 0 radical (unpaired) electrons. The smallest absolute Gasteiger partial charge is 0.500 e. The van der Waals surface area contributed by atoms with Gasteiger partial charge in [-0.15, -0.1) is 0 Å². The summed E-state index contributed by atoms with van der Waals surface area (Å²) in [6.07, 6.45) is 0.640. The Morgan fingerprint density at radius 2 is 1.39 bits per heavy atom. The van der Waals surface area contributed by atoms with Gasteiger partial charge in [-0.05, 0) is 20.3 Å². The van der Waals surface area contributed by atoms with Crippen LogP contribution in [0.2, 0.25) is 6.04 Å². The fraction of sp³-hybridized carbons (Fsp3) is 0.571. The van der Waals surface area contributed by atoms with Crippen molar-refractivity contribution in [1.29, 1.82) is 0 Å². The van der Waals surface area contributed by atoms with Crippen LogP contribution in [0.15, 0.2) is 24.3 Å². The van der Waals surface area contributed by atoms with E-state index in [0.29, 0.717) is 40.7 Å². The van der Waals surface area contributed by atoms with Crippen molar-refractivity contribution in [2.24, 2.45) is 0 Å². The van der Waals surface area contributed by atoms with E-state index >= 15 is 0 Å². The summed E-state index contributed by atoms with van der Waals surface area (Å²) < 4.78 is 25.0. The van der Waals surface area contributed by atoms with E-state index in [2.05, 4.69) is 17.6 Å². The van der Waals surface area contributed by atoms with Crippen LogP contribution in [0.1, 0.15) is 20.3 Å². The second-order valence-corrected chi connectivity index (χ2v) is 8.09. The third-order valence-electron chi connectivity index (χ3n) is 2.68. The number of rotatable bonds is 9. The van der Waals surface area contributed by atoms with Crippen LogP contribution in [0, 0.1) is 0 Å². The van der Waals surface area contributed by atoms with Gasteiger partial charge in [0.1, 0.15) is 0 Å². The lowest BCUT2D eigenvalue weighted by molar-refractivity contribution is -0.139. The summed E-state index contributed by atoms with van der Waals surface area (Å²) in [4.78, 5) is 21.3. The van der Waals surface area contributed by atoms with Crippen molar-refractivity contribution in [3.63, 3.8) is 0 Å². The fourth-order valence-electron chi connectivity index (χ4n) is 1.31. The third kappa shape index (κ3) is 11.0. The Kier molecular flexibility index (Phi) is 13.8. The zero-order valence-electron chi connectivity index (χ0n) is 14.9. The summed E-state index contributed by atoms with van der Waals surface area (Å²) in [5.74, 6) is -0.661. The fourth-order valence-corrected chi connectivity index (χ4v) is 3.35. The third-order valence-corrected chi connectivity index (χ3v) is 5.88. The molecule has 0 N–H and O–H groups in total. The van der Waals surface area contributed by atoms with Crippen molar-refractivity contribution >= 4 is 31.2 Å². The van der Waals surface area contributed by atoms with Crippen molar-refractivity contribution < 1.29 is 32.0 Å². The normalized spacial score (nSPS) is 10.3. The van der Waals surface area contributed by atoms with E-state index in [1.165, 1.54) is 0 Å². The first-order valence-corrected chi connectivity index (χ1v) is 9.66. The lowest BCUT2D eigenvalue weighted by atomic mass is 10.4. The molecule has 0 saturated heterocycles. The van der Waals surface area contributed by atoms with Gasteiger partial charge in [-0.25, -0.2) is 9.59 Å². The summed E-state index contributed by atoms with van der Waals surface area (Å²) in [6, 6.07) is 0.611. The van der Waals surface area contributed by atoms with Gasteiger partial charge in [-0.3, -0.25) is 0 Å². The molecule has 0 aliphatic heterocycles. The van der Waals surface area contributed by atoms with E-state index in [1.54, 1.807) is 35.2 Å². The molecule has 0 unspecified atom stereocenters. The van der Waals surface area contributed by atoms with Crippen LogP contribution in [0.5, 0.6) is 0 Å². The Bertz CT molecular complexity index is 398. The Labute approximate surface area is 142 Å². The Hall–Kier alpha value is -1.27. The maximum atomic E-state index is 11.1. The maximum Gasteiger partial charge on any atom is 0.500 e. The Morgan fingerprint density at radius 3 is 1.65 bits per heavy atom. The molecular formula is C14H28O7Si2. The van der Waals surface area contributed by atoms with E-state index in [0.717, 1.165) is 0 Å². The monoisotopic (exact) mass is 364 g/mol. The molecule has 0 aromatic carbocycles. The summed E-state index contributed by atoms with van der Waals surface area (Å²) in [6.45, 7) is 10.4. The minimum Gasteiger partial charge on any atom is -0.526 e. The minimum atomic E-state index is -2.53. The molecule has 0 heterocycles. The lowest BCUT2D eigenvalue weighted by Gasteiger charge is -2.24. The van der Waals surface area contributed by atoms with Gasteiger partial charge >= 0.3 is 20.7 Å². The molecule has 0 aliphatic rings. The number of carbonyl (C=O) groups excluding carboxylic acids is 2. The molecule has 0 aromatic heterocycles. The average Bonchev–Trinajstić information content (AvgIpc) is 2.55. The highest BCUT2D eigenvalue weighted by atomic mass is 28.4. The largest absolute Gasteiger partial charge is 0.526 e. The number of esters is 1. The Balaban J connectivity index is 0. The molecule has 23 heavy (non-hydrogen) atoms. The van der Waals surface area contributed by atoms with Crippen molar-refractivity contribution in [2.45, 2.75) is 26.3 Å². The van der Waals surface area contributed by atoms with Gasteiger partial charge < -0.3 is 22.4 Å². The molecule has 9 heteroatoms. The second-order valence-electron chi connectivity index (χ2n) is 4.59. The van der Waals surface area contributed by atoms with Gasteiger partial charge in [0.15, 0.2) is 0 Å².